The highest BCUT2D eigenvalue weighted by molar-refractivity contribution is 5.95. The Hall–Kier alpha value is -7.22. The fourth-order valence-electron chi connectivity index (χ4n) is 5.79. The molecule has 0 atom stereocenters. The Balaban J connectivity index is 1.38. The number of carboxylic acids is 2. The lowest BCUT2D eigenvalue weighted by molar-refractivity contribution is -0.133. The summed E-state index contributed by atoms with van der Waals surface area (Å²) in [6.07, 6.45) is 10.7. The number of hydrogen-bond donors (Lipinski definition) is 2. The number of carboxylic acid groups (broad SMARTS) is 2. The average molecular weight is 682 g/mol. The van der Waals surface area contributed by atoms with Crippen LogP contribution >= 0.6 is 0 Å². The molecule has 0 bridgehead atoms. The summed E-state index contributed by atoms with van der Waals surface area (Å²) in [5.74, 6) is -2.49. The predicted octanol–water partition coefficient (Wildman–Crippen LogP) is 11.1. The van der Waals surface area contributed by atoms with Gasteiger partial charge in [-0.25, -0.2) is 9.69 Å². The zero-order chi connectivity index (χ0) is 37.2. The first-order chi connectivity index (χ1) is 25.0. The van der Waals surface area contributed by atoms with E-state index in [4.69, 9.17) is 23.4 Å². The van der Waals surface area contributed by atoms with Gasteiger partial charge >= 0.3 is 11.9 Å². The van der Waals surface area contributed by atoms with Gasteiger partial charge < -0.3 is 15.1 Å². The van der Waals surface area contributed by atoms with Gasteiger partial charge in [0.15, 0.2) is 0 Å². The molecule has 52 heavy (non-hydrogen) atoms. The normalized spacial score (nSPS) is 11.7. The van der Waals surface area contributed by atoms with E-state index in [2.05, 4.69) is 96.0 Å². The number of hydrogen-bond acceptors (Lipinski definition) is 3. The van der Waals surface area contributed by atoms with Crippen LogP contribution in [-0.4, -0.2) is 22.2 Å². The minimum absolute atomic E-state index is 0.326. The Labute approximate surface area is 303 Å². The first-order valence-electron chi connectivity index (χ1n) is 16.3. The zero-order valence-electron chi connectivity index (χ0n) is 28.9. The summed E-state index contributed by atoms with van der Waals surface area (Å²) in [6, 6.07) is 35.8. The summed E-state index contributed by atoms with van der Waals surface area (Å²) in [5.41, 5.74) is 11.3. The first kappa shape index (κ1) is 36.1. The van der Waals surface area contributed by atoms with E-state index in [1.807, 2.05) is 48.6 Å². The minimum Gasteiger partial charge on any atom is -0.486 e. The third-order valence-corrected chi connectivity index (χ3v) is 8.26. The van der Waals surface area contributed by atoms with Crippen LogP contribution in [0.2, 0.25) is 0 Å². The quantitative estimate of drug-likeness (QED) is 0.0823. The van der Waals surface area contributed by atoms with Gasteiger partial charge in [0, 0.05) is 11.4 Å². The molecule has 0 saturated carbocycles. The SMILES string of the molecule is [C-]#[N+]/C(=C\c1ccc(/C=C/c2ccc(N(c3ccc(/C=C/c4ccc(/C=C(\[N+]#[C-])C(=O)O)cc4)cc3)c3c(C)cc(C)cc3C)cc2)cc1)C(=O)O. The van der Waals surface area contributed by atoms with Crippen molar-refractivity contribution in [1.82, 2.24) is 0 Å². The third kappa shape index (κ3) is 9.06. The highest BCUT2D eigenvalue weighted by atomic mass is 16.4. The molecule has 0 aliphatic rings. The number of rotatable bonds is 11. The molecule has 5 rings (SSSR count). The standard InChI is InChI=1S/C45H35N3O4/c1-30-26-31(2)43(32(3)27-30)48(39-22-18-35(19-23-39)8-6-33-10-14-37(15-11-33)28-41(46-4)44(49)50)40-24-20-36(21-25-40)9-7-34-12-16-38(17-13-34)29-42(47-5)45(51)52/h6-29H,1-3H3,(H,49,50)(H,51,52)/b8-6+,9-7+,41-28-,42-29-. The fourth-order valence-corrected chi connectivity index (χ4v) is 5.79. The Morgan fingerprint density at radius 3 is 1.10 bits per heavy atom. The molecule has 7 heteroatoms. The van der Waals surface area contributed by atoms with E-state index in [9.17, 15) is 9.59 Å². The maximum Gasteiger partial charge on any atom is 0.333 e. The van der Waals surface area contributed by atoms with Crippen LogP contribution in [-0.2, 0) is 9.59 Å². The van der Waals surface area contributed by atoms with Gasteiger partial charge in [-0.2, -0.15) is 0 Å². The second kappa shape index (κ2) is 16.5. The van der Waals surface area contributed by atoms with Crippen LogP contribution < -0.4 is 4.90 Å². The van der Waals surface area contributed by atoms with Crippen molar-refractivity contribution < 1.29 is 19.8 Å². The summed E-state index contributed by atoms with van der Waals surface area (Å²) in [6.45, 7) is 20.4. The van der Waals surface area contributed by atoms with Crippen LogP contribution in [0, 0.1) is 33.9 Å². The van der Waals surface area contributed by atoms with Gasteiger partial charge in [-0.1, -0.05) is 115 Å². The van der Waals surface area contributed by atoms with E-state index in [1.54, 1.807) is 24.3 Å². The van der Waals surface area contributed by atoms with Crippen molar-refractivity contribution in [2.45, 2.75) is 20.8 Å². The maximum absolute atomic E-state index is 11.1. The number of anilines is 3. The second-order valence-corrected chi connectivity index (χ2v) is 12.2. The molecule has 0 fully saturated rings. The molecule has 0 aromatic heterocycles. The van der Waals surface area contributed by atoms with Gasteiger partial charge in [-0.3, -0.25) is 9.59 Å². The van der Waals surface area contributed by atoms with Gasteiger partial charge in [-0.05, 0) is 102 Å². The van der Waals surface area contributed by atoms with Gasteiger partial charge in [0.25, 0.3) is 11.4 Å². The van der Waals surface area contributed by atoms with E-state index < -0.39 is 11.9 Å². The van der Waals surface area contributed by atoms with Gasteiger partial charge in [-0.15, -0.1) is 0 Å². The fraction of sp³-hybridized carbons (Fsp3) is 0.0667. The topological polar surface area (TPSA) is 86.6 Å². The molecule has 0 aliphatic carbocycles. The van der Waals surface area contributed by atoms with Crippen molar-refractivity contribution >= 4 is 65.5 Å². The highest BCUT2D eigenvalue weighted by Crippen LogP contribution is 2.39. The molecule has 0 saturated heterocycles. The number of aryl methyl sites for hydroxylation is 3. The lowest BCUT2D eigenvalue weighted by atomic mass is 10.0. The molecule has 0 unspecified atom stereocenters. The van der Waals surface area contributed by atoms with Crippen molar-refractivity contribution in [2.75, 3.05) is 4.90 Å². The molecule has 0 radical (unpaired) electrons. The number of aliphatic carboxylic acids is 2. The van der Waals surface area contributed by atoms with Gasteiger partial charge in [0.2, 0.25) is 0 Å². The van der Waals surface area contributed by atoms with Crippen molar-refractivity contribution in [3.63, 3.8) is 0 Å². The van der Waals surface area contributed by atoms with E-state index in [-0.39, 0.29) is 11.4 Å². The summed E-state index contributed by atoms with van der Waals surface area (Å²) in [4.78, 5) is 30.7. The van der Waals surface area contributed by atoms with Crippen LogP contribution in [0.1, 0.15) is 50.1 Å². The Morgan fingerprint density at radius 1 is 0.519 bits per heavy atom. The van der Waals surface area contributed by atoms with Crippen LogP contribution in [0.25, 0.3) is 46.1 Å². The maximum atomic E-state index is 11.1. The molecule has 2 N–H and O–H groups in total. The van der Waals surface area contributed by atoms with E-state index in [0.717, 1.165) is 39.3 Å². The Bertz CT molecular complexity index is 2150. The molecule has 0 aliphatic heterocycles. The van der Waals surface area contributed by atoms with Crippen LogP contribution in [0.4, 0.5) is 17.1 Å². The number of nitrogens with zero attached hydrogens (tertiary/aromatic N) is 3. The van der Waals surface area contributed by atoms with Crippen LogP contribution in [0.5, 0.6) is 0 Å². The average Bonchev–Trinajstić information content (AvgIpc) is 3.14. The second-order valence-electron chi connectivity index (χ2n) is 12.2. The highest BCUT2D eigenvalue weighted by Gasteiger charge is 2.17. The summed E-state index contributed by atoms with van der Waals surface area (Å²) < 4.78 is 0. The number of carbonyl (C=O) groups is 2. The van der Waals surface area contributed by atoms with Crippen LogP contribution in [0.15, 0.2) is 121 Å². The molecular weight excluding hydrogens is 647 g/mol. The number of benzene rings is 5. The Kier molecular flexibility index (Phi) is 11.4. The molecule has 0 heterocycles. The molecule has 0 amide bonds. The van der Waals surface area contributed by atoms with Crippen molar-refractivity contribution in [2.24, 2.45) is 0 Å². The largest absolute Gasteiger partial charge is 0.486 e. The molecule has 254 valence electrons. The first-order valence-corrected chi connectivity index (χ1v) is 16.3. The molecule has 7 nitrogen and oxygen atoms in total. The van der Waals surface area contributed by atoms with E-state index in [1.165, 1.54) is 28.8 Å². The van der Waals surface area contributed by atoms with E-state index in [0.29, 0.717) is 11.1 Å². The molecule has 5 aromatic rings. The van der Waals surface area contributed by atoms with Crippen molar-refractivity contribution in [3.8, 4) is 0 Å². The lowest BCUT2D eigenvalue weighted by Gasteiger charge is -2.29. The molecule has 5 aromatic carbocycles. The molecule has 0 spiro atoms. The lowest BCUT2D eigenvalue weighted by Crippen LogP contribution is -2.13. The summed E-state index contributed by atoms with van der Waals surface area (Å²) in [7, 11) is 0. The summed E-state index contributed by atoms with van der Waals surface area (Å²) >= 11 is 0. The Morgan fingerprint density at radius 2 is 0.808 bits per heavy atom. The smallest absolute Gasteiger partial charge is 0.333 e. The van der Waals surface area contributed by atoms with Crippen molar-refractivity contribution in [3.05, 3.63) is 193 Å². The third-order valence-electron chi connectivity index (χ3n) is 8.26. The predicted molar refractivity (Wildman–Crippen MR) is 211 cm³/mol. The van der Waals surface area contributed by atoms with Gasteiger partial charge in [0.05, 0.1) is 18.8 Å². The van der Waals surface area contributed by atoms with Gasteiger partial charge in [0.1, 0.15) is 0 Å². The van der Waals surface area contributed by atoms with E-state index >= 15 is 0 Å². The monoisotopic (exact) mass is 681 g/mol. The van der Waals surface area contributed by atoms with Crippen LogP contribution in [0.3, 0.4) is 0 Å². The summed E-state index contributed by atoms with van der Waals surface area (Å²) in [5, 5.41) is 18.2. The molecular formula is C45H35N3O4. The minimum atomic E-state index is -1.24. The van der Waals surface area contributed by atoms with Crippen molar-refractivity contribution in [1.29, 1.82) is 0 Å². The zero-order valence-corrected chi connectivity index (χ0v) is 28.9.